The Hall–Kier alpha value is -1.12. The Kier molecular flexibility index (Phi) is 1.94. The van der Waals surface area contributed by atoms with E-state index < -0.39 is 0 Å². The van der Waals surface area contributed by atoms with Crippen molar-refractivity contribution in [2.24, 2.45) is 0 Å². The van der Waals surface area contributed by atoms with E-state index in [-0.39, 0.29) is 0 Å². The van der Waals surface area contributed by atoms with Crippen LogP contribution < -0.4 is 5.32 Å². The molecule has 64 valence electrons. The Balaban J connectivity index is 1.98. The minimum Gasteiger partial charge on any atom is -0.380 e. The van der Waals surface area contributed by atoms with Gasteiger partial charge in [-0.3, -0.25) is 0 Å². The summed E-state index contributed by atoms with van der Waals surface area (Å²) < 4.78 is 0. The molecule has 0 bridgehead atoms. The Morgan fingerprint density at radius 2 is 2.00 bits per heavy atom. The van der Waals surface area contributed by atoms with E-state index in [4.69, 9.17) is 0 Å². The minimum atomic E-state index is 0.663. The lowest BCUT2D eigenvalue weighted by Gasteiger charge is -2.27. The lowest BCUT2D eigenvalue weighted by atomic mass is 9.93. The van der Waals surface area contributed by atoms with Gasteiger partial charge in [0.15, 0.2) is 0 Å². The fourth-order valence-electron chi connectivity index (χ4n) is 1.26. The zero-order chi connectivity index (χ0) is 8.39. The summed E-state index contributed by atoms with van der Waals surface area (Å²) in [7, 11) is 0. The van der Waals surface area contributed by atoms with Gasteiger partial charge in [0.25, 0.3) is 0 Å². The molecule has 1 heterocycles. The molecule has 1 aromatic heterocycles. The maximum atomic E-state index is 4.12. The summed E-state index contributed by atoms with van der Waals surface area (Å²) in [4.78, 5) is 8.23. The van der Waals surface area contributed by atoms with Crippen molar-refractivity contribution in [3.8, 4) is 0 Å². The predicted octanol–water partition coefficient (Wildman–Crippen LogP) is 1.75. The molecule has 0 amide bonds. The van der Waals surface area contributed by atoms with Gasteiger partial charge in [-0.1, -0.05) is 0 Å². The smallest absolute Gasteiger partial charge is 0.125 e. The first-order chi connectivity index (χ1) is 5.84. The second-order valence-corrected chi connectivity index (χ2v) is 3.29. The SMILES string of the molecule is Cc1ncc(NC2CCC2)cn1. The number of nitrogens with zero attached hydrogens (tertiary/aromatic N) is 2. The van der Waals surface area contributed by atoms with Gasteiger partial charge in [0.2, 0.25) is 0 Å². The fourth-order valence-corrected chi connectivity index (χ4v) is 1.26. The Morgan fingerprint density at radius 1 is 1.33 bits per heavy atom. The number of rotatable bonds is 2. The average Bonchev–Trinajstić information content (AvgIpc) is 2.00. The topological polar surface area (TPSA) is 37.8 Å². The monoisotopic (exact) mass is 163 g/mol. The fraction of sp³-hybridized carbons (Fsp3) is 0.556. The van der Waals surface area contributed by atoms with Crippen LogP contribution in [0.15, 0.2) is 12.4 Å². The van der Waals surface area contributed by atoms with Gasteiger partial charge in [-0.2, -0.15) is 0 Å². The summed E-state index contributed by atoms with van der Waals surface area (Å²) in [5.74, 6) is 0.828. The highest BCUT2D eigenvalue weighted by Gasteiger charge is 2.16. The molecule has 0 radical (unpaired) electrons. The molecule has 1 saturated carbocycles. The summed E-state index contributed by atoms with van der Waals surface area (Å²) >= 11 is 0. The van der Waals surface area contributed by atoms with Crippen LogP contribution in [-0.2, 0) is 0 Å². The largest absolute Gasteiger partial charge is 0.380 e. The van der Waals surface area contributed by atoms with Crippen molar-refractivity contribution < 1.29 is 0 Å². The molecule has 0 aromatic carbocycles. The molecule has 0 aliphatic heterocycles. The van der Waals surface area contributed by atoms with Gasteiger partial charge in [0.05, 0.1) is 18.1 Å². The molecule has 3 nitrogen and oxygen atoms in total. The molecule has 1 fully saturated rings. The van der Waals surface area contributed by atoms with Crippen molar-refractivity contribution in [3.63, 3.8) is 0 Å². The molecule has 0 atom stereocenters. The van der Waals surface area contributed by atoms with Crippen LogP contribution in [0.4, 0.5) is 5.69 Å². The molecule has 2 rings (SSSR count). The predicted molar refractivity (Wildman–Crippen MR) is 48.0 cm³/mol. The third-order valence-electron chi connectivity index (χ3n) is 2.26. The van der Waals surface area contributed by atoms with Crippen LogP contribution in [0, 0.1) is 6.92 Å². The second kappa shape index (κ2) is 3.09. The van der Waals surface area contributed by atoms with Crippen molar-refractivity contribution in [2.45, 2.75) is 32.2 Å². The quantitative estimate of drug-likeness (QED) is 0.721. The van der Waals surface area contributed by atoms with Gasteiger partial charge < -0.3 is 5.32 Å². The Morgan fingerprint density at radius 3 is 2.50 bits per heavy atom. The number of aromatic nitrogens is 2. The van der Waals surface area contributed by atoms with E-state index in [1.807, 2.05) is 19.3 Å². The Labute approximate surface area is 72.2 Å². The molecular weight excluding hydrogens is 150 g/mol. The summed E-state index contributed by atoms with van der Waals surface area (Å²) in [6.45, 7) is 1.90. The van der Waals surface area contributed by atoms with Gasteiger partial charge in [-0.25, -0.2) is 9.97 Å². The Bertz CT molecular complexity index is 251. The average molecular weight is 163 g/mol. The molecule has 1 aliphatic carbocycles. The highest BCUT2D eigenvalue weighted by molar-refractivity contribution is 5.39. The molecule has 0 saturated heterocycles. The standard InChI is InChI=1S/C9H13N3/c1-7-10-5-9(6-11-7)12-8-3-2-4-8/h5-6,8,12H,2-4H2,1H3. The highest BCUT2D eigenvalue weighted by Crippen LogP contribution is 2.22. The van der Waals surface area contributed by atoms with Crippen molar-refractivity contribution in [3.05, 3.63) is 18.2 Å². The van der Waals surface area contributed by atoms with E-state index >= 15 is 0 Å². The van der Waals surface area contributed by atoms with Gasteiger partial charge in [0.1, 0.15) is 5.82 Å². The molecule has 1 N–H and O–H groups in total. The second-order valence-electron chi connectivity index (χ2n) is 3.29. The summed E-state index contributed by atoms with van der Waals surface area (Å²) in [5.41, 5.74) is 1.05. The maximum absolute atomic E-state index is 4.12. The third kappa shape index (κ3) is 1.55. The van der Waals surface area contributed by atoms with Crippen molar-refractivity contribution in [1.82, 2.24) is 9.97 Å². The lowest BCUT2D eigenvalue weighted by molar-refractivity contribution is 0.445. The number of hydrogen-bond acceptors (Lipinski definition) is 3. The number of aryl methyl sites for hydroxylation is 1. The van der Waals surface area contributed by atoms with Crippen LogP contribution in [0.5, 0.6) is 0 Å². The van der Waals surface area contributed by atoms with Crippen LogP contribution >= 0.6 is 0 Å². The van der Waals surface area contributed by atoms with Crippen LogP contribution in [0.2, 0.25) is 0 Å². The number of nitrogens with one attached hydrogen (secondary N) is 1. The minimum absolute atomic E-state index is 0.663. The molecule has 0 spiro atoms. The van der Waals surface area contributed by atoms with E-state index in [1.54, 1.807) is 0 Å². The molecule has 1 aromatic rings. The summed E-state index contributed by atoms with van der Waals surface area (Å²) in [6, 6.07) is 0.663. The molecule has 12 heavy (non-hydrogen) atoms. The molecule has 3 heteroatoms. The maximum Gasteiger partial charge on any atom is 0.125 e. The van der Waals surface area contributed by atoms with Crippen LogP contribution in [0.1, 0.15) is 25.1 Å². The third-order valence-corrected chi connectivity index (χ3v) is 2.26. The van der Waals surface area contributed by atoms with Crippen LogP contribution in [-0.4, -0.2) is 16.0 Å². The number of anilines is 1. The first-order valence-corrected chi connectivity index (χ1v) is 4.40. The highest BCUT2D eigenvalue weighted by atomic mass is 15.0. The zero-order valence-electron chi connectivity index (χ0n) is 7.25. The van der Waals surface area contributed by atoms with Gasteiger partial charge in [0, 0.05) is 6.04 Å². The van der Waals surface area contributed by atoms with Crippen molar-refractivity contribution in [1.29, 1.82) is 0 Å². The van der Waals surface area contributed by atoms with Crippen LogP contribution in [0.25, 0.3) is 0 Å². The van der Waals surface area contributed by atoms with E-state index in [1.165, 1.54) is 19.3 Å². The molecular formula is C9H13N3. The first-order valence-electron chi connectivity index (χ1n) is 4.40. The number of hydrogen-bond donors (Lipinski definition) is 1. The molecule has 0 unspecified atom stereocenters. The van der Waals surface area contributed by atoms with E-state index in [0.717, 1.165) is 11.5 Å². The van der Waals surface area contributed by atoms with Crippen LogP contribution in [0.3, 0.4) is 0 Å². The van der Waals surface area contributed by atoms with Gasteiger partial charge in [-0.05, 0) is 26.2 Å². The van der Waals surface area contributed by atoms with E-state index in [9.17, 15) is 0 Å². The van der Waals surface area contributed by atoms with Gasteiger partial charge >= 0.3 is 0 Å². The van der Waals surface area contributed by atoms with Crippen molar-refractivity contribution >= 4 is 5.69 Å². The summed E-state index contributed by atoms with van der Waals surface area (Å²) in [5, 5.41) is 3.38. The normalized spacial score (nSPS) is 17.1. The van der Waals surface area contributed by atoms with E-state index in [2.05, 4.69) is 15.3 Å². The molecule has 1 aliphatic rings. The first kappa shape index (κ1) is 7.53. The van der Waals surface area contributed by atoms with Gasteiger partial charge in [-0.15, -0.1) is 0 Å². The summed E-state index contributed by atoms with van der Waals surface area (Å²) in [6.07, 6.45) is 7.62. The lowest BCUT2D eigenvalue weighted by Crippen LogP contribution is -2.27. The van der Waals surface area contributed by atoms with Crippen molar-refractivity contribution in [2.75, 3.05) is 5.32 Å². The zero-order valence-corrected chi connectivity index (χ0v) is 7.25. The van der Waals surface area contributed by atoms with E-state index in [0.29, 0.717) is 6.04 Å².